The van der Waals surface area contributed by atoms with Crippen LogP contribution in [-0.2, 0) is 4.79 Å². The molecule has 0 heterocycles. The summed E-state index contributed by atoms with van der Waals surface area (Å²) >= 11 is 0. The molecule has 0 aliphatic rings. The summed E-state index contributed by atoms with van der Waals surface area (Å²) < 4.78 is 0. The maximum Gasteiger partial charge on any atom is 0.314 e. The van der Waals surface area contributed by atoms with E-state index in [0.717, 1.165) is 0 Å². The Morgan fingerprint density at radius 3 is 2.45 bits per heavy atom. The fourth-order valence-corrected chi connectivity index (χ4v) is 0.581. The van der Waals surface area contributed by atoms with Crippen molar-refractivity contribution in [3.63, 3.8) is 0 Å². The van der Waals surface area contributed by atoms with Crippen molar-refractivity contribution in [1.82, 2.24) is 10.6 Å². The third kappa shape index (κ3) is 5.39. The Bertz CT molecular complexity index is 129. The molecule has 0 atom stereocenters. The van der Waals surface area contributed by atoms with Gasteiger partial charge in [-0.2, -0.15) is 0 Å². The van der Waals surface area contributed by atoms with Crippen LogP contribution in [-0.4, -0.2) is 25.4 Å². The first-order chi connectivity index (χ1) is 5.20. The topological polar surface area (TPSA) is 58.2 Å². The lowest BCUT2D eigenvalue weighted by atomic mass is 10.2. The monoisotopic (exact) mass is 158 g/mol. The molecule has 0 saturated carbocycles. The van der Waals surface area contributed by atoms with Crippen molar-refractivity contribution in [2.24, 2.45) is 0 Å². The van der Waals surface area contributed by atoms with E-state index in [-0.39, 0.29) is 11.8 Å². The van der Waals surface area contributed by atoms with E-state index in [4.69, 9.17) is 0 Å². The SMILES string of the molecule is CCC(=O)CCNC(=O)NC. The molecule has 0 unspecified atom stereocenters. The largest absolute Gasteiger partial charge is 0.341 e. The number of ketones is 1. The van der Waals surface area contributed by atoms with Gasteiger partial charge in [0.25, 0.3) is 0 Å². The number of nitrogens with one attached hydrogen (secondary N) is 2. The average molecular weight is 158 g/mol. The molecule has 0 bridgehead atoms. The molecule has 0 aliphatic heterocycles. The standard InChI is InChI=1S/C7H14N2O2/c1-3-6(10)4-5-9-7(11)8-2/h3-5H2,1-2H3,(H2,8,9,11). The minimum atomic E-state index is -0.242. The summed E-state index contributed by atoms with van der Waals surface area (Å²) in [5, 5.41) is 4.92. The van der Waals surface area contributed by atoms with Crippen molar-refractivity contribution in [1.29, 1.82) is 0 Å². The van der Waals surface area contributed by atoms with Crippen molar-refractivity contribution in [3.05, 3.63) is 0 Å². The summed E-state index contributed by atoms with van der Waals surface area (Å²) in [6.45, 7) is 2.23. The molecule has 0 rings (SSSR count). The molecule has 0 aromatic heterocycles. The van der Waals surface area contributed by atoms with E-state index in [1.54, 1.807) is 0 Å². The van der Waals surface area contributed by atoms with Crippen molar-refractivity contribution in [3.8, 4) is 0 Å². The Balaban J connectivity index is 3.27. The van der Waals surface area contributed by atoms with Gasteiger partial charge in [-0.1, -0.05) is 6.92 Å². The molecule has 64 valence electrons. The van der Waals surface area contributed by atoms with Gasteiger partial charge in [0.15, 0.2) is 0 Å². The number of hydrogen-bond acceptors (Lipinski definition) is 2. The zero-order valence-corrected chi connectivity index (χ0v) is 6.94. The highest BCUT2D eigenvalue weighted by atomic mass is 16.2. The van der Waals surface area contributed by atoms with E-state index >= 15 is 0 Å². The number of rotatable bonds is 4. The van der Waals surface area contributed by atoms with E-state index in [9.17, 15) is 9.59 Å². The van der Waals surface area contributed by atoms with Gasteiger partial charge in [0, 0.05) is 26.4 Å². The second-order valence-electron chi connectivity index (χ2n) is 2.15. The first kappa shape index (κ1) is 9.94. The maximum absolute atomic E-state index is 10.7. The zero-order chi connectivity index (χ0) is 8.69. The maximum atomic E-state index is 10.7. The lowest BCUT2D eigenvalue weighted by molar-refractivity contribution is -0.118. The van der Waals surface area contributed by atoms with Gasteiger partial charge in [0.1, 0.15) is 5.78 Å². The van der Waals surface area contributed by atoms with Gasteiger partial charge < -0.3 is 10.6 Å². The highest BCUT2D eigenvalue weighted by Gasteiger charge is 1.98. The second-order valence-corrected chi connectivity index (χ2v) is 2.15. The quantitative estimate of drug-likeness (QED) is 0.617. The minimum absolute atomic E-state index is 0.168. The molecule has 0 radical (unpaired) electrons. The van der Waals surface area contributed by atoms with Crippen LogP contribution in [0.4, 0.5) is 4.79 Å². The first-order valence-corrected chi connectivity index (χ1v) is 3.68. The first-order valence-electron chi connectivity index (χ1n) is 3.68. The van der Waals surface area contributed by atoms with E-state index in [1.165, 1.54) is 7.05 Å². The molecular weight excluding hydrogens is 144 g/mol. The van der Waals surface area contributed by atoms with Crippen LogP contribution >= 0.6 is 0 Å². The van der Waals surface area contributed by atoms with Gasteiger partial charge in [0.05, 0.1) is 0 Å². The molecule has 0 aromatic carbocycles. The van der Waals surface area contributed by atoms with Gasteiger partial charge in [-0.15, -0.1) is 0 Å². The van der Waals surface area contributed by atoms with Gasteiger partial charge in [-0.25, -0.2) is 4.79 Å². The van der Waals surface area contributed by atoms with E-state index in [2.05, 4.69) is 10.6 Å². The summed E-state index contributed by atoms with van der Waals surface area (Å²) in [4.78, 5) is 21.3. The number of Topliss-reactive ketones (excluding diaryl/α,β-unsaturated/α-hetero) is 1. The molecular formula is C7H14N2O2. The summed E-state index contributed by atoms with van der Waals surface area (Å²) in [6, 6.07) is -0.242. The number of urea groups is 1. The van der Waals surface area contributed by atoms with Crippen LogP contribution in [0.2, 0.25) is 0 Å². The van der Waals surface area contributed by atoms with Crippen LogP contribution in [0.15, 0.2) is 0 Å². The van der Waals surface area contributed by atoms with Crippen LogP contribution in [0.1, 0.15) is 19.8 Å². The Labute approximate surface area is 66.4 Å². The highest BCUT2D eigenvalue weighted by Crippen LogP contribution is 1.85. The molecule has 0 fully saturated rings. The summed E-state index contributed by atoms with van der Waals surface area (Å²) in [6.07, 6.45) is 0.958. The molecule has 0 aromatic rings. The molecule has 4 heteroatoms. The highest BCUT2D eigenvalue weighted by molar-refractivity contribution is 5.79. The number of amides is 2. The van der Waals surface area contributed by atoms with Crippen molar-refractivity contribution in [2.45, 2.75) is 19.8 Å². The zero-order valence-electron chi connectivity index (χ0n) is 6.94. The molecule has 0 spiro atoms. The lowest BCUT2D eigenvalue weighted by Gasteiger charge is -2.01. The third-order valence-corrected chi connectivity index (χ3v) is 1.31. The summed E-state index contributed by atoms with van der Waals surface area (Å²) in [5.74, 6) is 0.168. The fourth-order valence-electron chi connectivity index (χ4n) is 0.581. The fraction of sp³-hybridized carbons (Fsp3) is 0.714. The summed E-state index contributed by atoms with van der Waals surface area (Å²) in [7, 11) is 1.54. The van der Waals surface area contributed by atoms with Crippen LogP contribution in [0.3, 0.4) is 0 Å². The Morgan fingerprint density at radius 1 is 1.36 bits per heavy atom. The third-order valence-electron chi connectivity index (χ3n) is 1.31. The molecule has 11 heavy (non-hydrogen) atoms. The Kier molecular flexibility index (Phi) is 5.15. The lowest BCUT2D eigenvalue weighted by Crippen LogP contribution is -2.33. The van der Waals surface area contributed by atoms with Crippen LogP contribution in [0, 0.1) is 0 Å². The molecule has 2 amide bonds. The second kappa shape index (κ2) is 5.70. The van der Waals surface area contributed by atoms with Crippen LogP contribution < -0.4 is 10.6 Å². The predicted molar refractivity (Wildman–Crippen MR) is 42.4 cm³/mol. The normalized spacial score (nSPS) is 8.91. The number of carbonyl (C=O) groups excluding carboxylic acids is 2. The Morgan fingerprint density at radius 2 is 2.00 bits per heavy atom. The molecule has 0 saturated heterocycles. The molecule has 0 aliphatic carbocycles. The van der Waals surface area contributed by atoms with Crippen molar-refractivity contribution < 1.29 is 9.59 Å². The van der Waals surface area contributed by atoms with E-state index in [0.29, 0.717) is 19.4 Å². The van der Waals surface area contributed by atoms with E-state index < -0.39 is 0 Å². The Hall–Kier alpha value is -1.06. The van der Waals surface area contributed by atoms with Gasteiger partial charge in [-0.3, -0.25) is 4.79 Å². The minimum Gasteiger partial charge on any atom is -0.341 e. The van der Waals surface area contributed by atoms with E-state index in [1.807, 2.05) is 6.92 Å². The summed E-state index contributed by atoms with van der Waals surface area (Å²) in [5.41, 5.74) is 0. The van der Waals surface area contributed by atoms with Crippen LogP contribution in [0.5, 0.6) is 0 Å². The van der Waals surface area contributed by atoms with Gasteiger partial charge >= 0.3 is 6.03 Å². The van der Waals surface area contributed by atoms with Crippen LogP contribution in [0.25, 0.3) is 0 Å². The molecule has 4 nitrogen and oxygen atoms in total. The number of hydrogen-bond donors (Lipinski definition) is 2. The van der Waals surface area contributed by atoms with Gasteiger partial charge in [0.2, 0.25) is 0 Å². The van der Waals surface area contributed by atoms with Gasteiger partial charge in [-0.05, 0) is 0 Å². The van der Waals surface area contributed by atoms with Crippen molar-refractivity contribution >= 4 is 11.8 Å². The number of carbonyl (C=O) groups is 2. The smallest absolute Gasteiger partial charge is 0.314 e. The van der Waals surface area contributed by atoms with Crippen molar-refractivity contribution in [2.75, 3.05) is 13.6 Å². The average Bonchev–Trinajstić information content (AvgIpc) is 2.04. The molecule has 2 N–H and O–H groups in total. The predicted octanol–water partition coefficient (Wildman–Crippen LogP) is 0.285.